The Morgan fingerprint density at radius 3 is 2.00 bits per heavy atom. The molecule has 0 aliphatic heterocycles. The molecule has 0 saturated carbocycles. The van der Waals surface area contributed by atoms with E-state index in [0.717, 1.165) is 44.8 Å². The van der Waals surface area contributed by atoms with Crippen LogP contribution >= 0.6 is 0 Å². The number of aromatic nitrogens is 4. The van der Waals surface area contributed by atoms with Crippen LogP contribution in [-0.2, 0) is 0 Å². The van der Waals surface area contributed by atoms with Gasteiger partial charge >= 0.3 is 0 Å². The van der Waals surface area contributed by atoms with Crippen molar-refractivity contribution < 1.29 is 0 Å². The van der Waals surface area contributed by atoms with Gasteiger partial charge in [-0.2, -0.15) is 0 Å². The first-order valence-corrected chi connectivity index (χ1v) is 12.8. The van der Waals surface area contributed by atoms with Crippen LogP contribution in [0.15, 0.2) is 133 Å². The van der Waals surface area contributed by atoms with E-state index >= 15 is 0 Å². The molecule has 0 spiro atoms. The van der Waals surface area contributed by atoms with E-state index in [0.29, 0.717) is 5.78 Å². The van der Waals surface area contributed by atoms with Gasteiger partial charge in [0.1, 0.15) is 0 Å². The fraction of sp³-hybridized carbons (Fsp3) is 0. The van der Waals surface area contributed by atoms with Crippen LogP contribution in [0.4, 0.5) is 0 Å². The monoisotopic (exact) mass is 486 g/mol. The molecule has 8 aromatic rings. The van der Waals surface area contributed by atoms with Gasteiger partial charge in [-0.1, -0.05) is 91.0 Å². The standard InChI is InChI=1S/C34H22N4/c1-3-11-23(12-4-1)32-22-29(36-34-35-28-16-8-10-18-31(28)38(32)34)24-19-20-27-26-15-7-9-17-30(26)37(33(27)21-24)25-13-5-2-6-14-25/h1-22H. The Kier molecular flexibility index (Phi) is 4.49. The topological polar surface area (TPSA) is 35.1 Å². The van der Waals surface area contributed by atoms with Crippen molar-refractivity contribution in [2.45, 2.75) is 0 Å². The fourth-order valence-electron chi connectivity index (χ4n) is 5.61. The predicted molar refractivity (Wildman–Crippen MR) is 156 cm³/mol. The van der Waals surface area contributed by atoms with Crippen molar-refractivity contribution >= 4 is 38.6 Å². The van der Waals surface area contributed by atoms with Crippen LogP contribution in [0.25, 0.3) is 66.8 Å². The maximum atomic E-state index is 5.07. The number of fused-ring (bicyclic) bond motifs is 6. The third-order valence-corrected chi connectivity index (χ3v) is 7.33. The molecule has 3 heterocycles. The number of nitrogens with zero attached hydrogens (tertiary/aromatic N) is 4. The molecule has 4 nitrogen and oxygen atoms in total. The third kappa shape index (κ3) is 3.10. The summed E-state index contributed by atoms with van der Waals surface area (Å²) in [7, 11) is 0. The van der Waals surface area contributed by atoms with Crippen LogP contribution in [0.5, 0.6) is 0 Å². The minimum atomic E-state index is 0.700. The van der Waals surface area contributed by atoms with E-state index in [1.807, 2.05) is 18.2 Å². The molecule has 0 bridgehead atoms. The zero-order chi connectivity index (χ0) is 25.1. The van der Waals surface area contributed by atoms with Gasteiger partial charge < -0.3 is 4.57 Å². The van der Waals surface area contributed by atoms with Crippen molar-refractivity contribution in [1.29, 1.82) is 0 Å². The highest BCUT2D eigenvalue weighted by Gasteiger charge is 2.17. The van der Waals surface area contributed by atoms with E-state index in [1.165, 1.54) is 16.3 Å². The average Bonchev–Trinajstić information content (AvgIpc) is 3.53. The molecule has 8 rings (SSSR count). The van der Waals surface area contributed by atoms with Crippen molar-refractivity contribution in [3.63, 3.8) is 0 Å². The zero-order valence-electron chi connectivity index (χ0n) is 20.5. The van der Waals surface area contributed by atoms with Gasteiger partial charge in [0, 0.05) is 22.0 Å². The molecule has 0 aliphatic carbocycles. The number of hydrogen-bond donors (Lipinski definition) is 0. The number of benzene rings is 5. The predicted octanol–water partition coefficient (Wildman–Crippen LogP) is 8.31. The van der Waals surface area contributed by atoms with Crippen LogP contribution in [0, 0.1) is 0 Å². The minimum absolute atomic E-state index is 0.700. The first-order chi connectivity index (χ1) is 18.8. The van der Waals surface area contributed by atoms with Gasteiger partial charge in [0.05, 0.1) is 33.5 Å². The maximum Gasteiger partial charge on any atom is 0.235 e. The molecule has 5 aromatic carbocycles. The van der Waals surface area contributed by atoms with Crippen LogP contribution in [0.3, 0.4) is 0 Å². The van der Waals surface area contributed by atoms with Crippen molar-refractivity contribution in [3.8, 4) is 28.2 Å². The molecule has 3 aromatic heterocycles. The van der Waals surface area contributed by atoms with Crippen LogP contribution in [-0.4, -0.2) is 18.9 Å². The van der Waals surface area contributed by atoms with Crippen molar-refractivity contribution in [2.24, 2.45) is 0 Å². The van der Waals surface area contributed by atoms with E-state index in [-0.39, 0.29) is 0 Å². The molecule has 4 heteroatoms. The highest BCUT2D eigenvalue weighted by atomic mass is 15.1. The summed E-state index contributed by atoms with van der Waals surface area (Å²) < 4.78 is 4.50. The summed E-state index contributed by atoms with van der Waals surface area (Å²) in [5.74, 6) is 0.700. The molecule has 0 N–H and O–H groups in total. The molecule has 178 valence electrons. The number of hydrogen-bond acceptors (Lipinski definition) is 2. The lowest BCUT2D eigenvalue weighted by Gasteiger charge is -2.11. The summed E-state index contributed by atoms with van der Waals surface area (Å²) in [5.41, 5.74) is 9.65. The Balaban J connectivity index is 1.43. The molecule has 0 atom stereocenters. The minimum Gasteiger partial charge on any atom is -0.309 e. The van der Waals surface area contributed by atoms with Crippen molar-refractivity contribution in [3.05, 3.63) is 133 Å². The Bertz CT molecular complexity index is 2120. The molecule has 0 radical (unpaired) electrons. The molecule has 0 amide bonds. The van der Waals surface area contributed by atoms with Gasteiger partial charge in [0.2, 0.25) is 5.78 Å². The van der Waals surface area contributed by atoms with Gasteiger partial charge in [-0.25, -0.2) is 9.97 Å². The molecule has 0 unspecified atom stereocenters. The van der Waals surface area contributed by atoms with E-state index in [1.54, 1.807) is 0 Å². The van der Waals surface area contributed by atoms with Crippen molar-refractivity contribution in [1.82, 2.24) is 18.9 Å². The summed E-state index contributed by atoms with van der Waals surface area (Å²) >= 11 is 0. The lowest BCUT2D eigenvalue weighted by Crippen LogP contribution is -1.98. The molecular weight excluding hydrogens is 464 g/mol. The normalized spacial score (nSPS) is 11.7. The number of rotatable bonds is 3. The van der Waals surface area contributed by atoms with Gasteiger partial charge in [-0.15, -0.1) is 0 Å². The first-order valence-electron chi connectivity index (χ1n) is 12.8. The Morgan fingerprint density at radius 2 is 1.16 bits per heavy atom. The Labute approximate surface area is 219 Å². The van der Waals surface area contributed by atoms with Crippen LogP contribution < -0.4 is 0 Å². The first kappa shape index (κ1) is 20.9. The fourth-order valence-corrected chi connectivity index (χ4v) is 5.61. The van der Waals surface area contributed by atoms with Gasteiger partial charge in [-0.3, -0.25) is 4.40 Å². The average molecular weight is 487 g/mol. The van der Waals surface area contributed by atoms with Gasteiger partial charge in [0.15, 0.2) is 0 Å². The zero-order valence-corrected chi connectivity index (χ0v) is 20.5. The van der Waals surface area contributed by atoms with E-state index < -0.39 is 0 Å². The summed E-state index contributed by atoms with van der Waals surface area (Å²) in [6.45, 7) is 0. The molecule has 0 saturated heterocycles. The number of imidazole rings is 1. The van der Waals surface area contributed by atoms with Crippen LogP contribution in [0.2, 0.25) is 0 Å². The maximum absolute atomic E-state index is 5.07. The van der Waals surface area contributed by atoms with E-state index in [2.05, 4.69) is 124 Å². The van der Waals surface area contributed by atoms with Gasteiger partial charge in [-0.05, 0) is 48.0 Å². The van der Waals surface area contributed by atoms with E-state index in [4.69, 9.17) is 9.97 Å². The van der Waals surface area contributed by atoms with Crippen molar-refractivity contribution in [2.75, 3.05) is 0 Å². The Hall–Kier alpha value is -5.22. The molecule has 0 aliphatic rings. The highest BCUT2D eigenvalue weighted by molar-refractivity contribution is 6.10. The summed E-state index contributed by atoms with van der Waals surface area (Å²) in [6, 6.07) is 46.7. The van der Waals surface area contributed by atoms with Crippen LogP contribution in [0.1, 0.15) is 0 Å². The second kappa shape index (κ2) is 8.15. The van der Waals surface area contributed by atoms with Gasteiger partial charge in [0.25, 0.3) is 0 Å². The largest absolute Gasteiger partial charge is 0.309 e. The third-order valence-electron chi connectivity index (χ3n) is 7.33. The smallest absolute Gasteiger partial charge is 0.235 e. The quantitative estimate of drug-likeness (QED) is 0.252. The highest BCUT2D eigenvalue weighted by Crippen LogP contribution is 2.36. The lowest BCUT2D eigenvalue weighted by atomic mass is 10.1. The molecule has 38 heavy (non-hydrogen) atoms. The SMILES string of the molecule is c1ccc(-c2cc(-c3ccc4c5ccccc5n(-c5ccccc5)c4c3)nc3nc4ccccc4n23)cc1. The van der Waals surface area contributed by atoms with E-state index in [9.17, 15) is 0 Å². The summed E-state index contributed by atoms with van der Waals surface area (Å²) in [4.78, 5) is 9.97. The number of para-hydroxylation sites is 4. The second-order valence-electron chi connectivity index (χ2n) is 9.55. The summed E-state index contributed by atoms with van der Waals surface area (Å²) in [6.07, 6.45) is 0. The molecular formula is C34H22N4. The summed E-state index contributed by atoms with van der Waals surface area (Å²) in [5, 5.41) is 2.47. The lowest BCUT2D eigenvalue weighted by molar-refractivity contribution is 1.14. The Morgan fingerprint density at radius 1 is 0.474 bits per heavy atom. The molecule has 0 fully saturated rings. The second-order valence-corrected chi connectivity index (χ2v) is 9.55.